The fourth-order valence-electron chi connectivity index (χ4n) is 1.56. The number of carbonyl (C=O) groups excluding carboxylic acids is 1. The maximum atomic E-state index is 11.3. The highest BCUT2D eigenvalue weighted by atomic mass is 16.3. The first kappa shape index (κ1) is 9.46. The lowest BCUT2D eigenvalue weighted by atomic mass is 10.1. The molecular weight excluding hydrogens is 152 g/mol. The molecule has 0 spiro atoms. The summed E-state index contributed by atoms with van der Waals surface area (Å²) >= 11 is 0. The molecule has 0 saturated heterocycles. The maximum Gasteiger partial charge on any atom is 0.161 e. The maximum absolute atomic E-state index is 11.3. The van der Waals surface area contributed by atoms with Crippen LogP contribution in [0.3, 0.4) is 0 Å². The molecule has 68 valence electrons. The number of aliphatic hydroxyl groups is 1. The molecule has 12 heavy (non-hydrogen) atoms. The number of Topliss-reactive ketones (excluding diaryl/α,β-unsaturated/α-hetero) is 1. The number of hydrogen-bond acceptors (Lipinski definition) is 2. The molecule has 0 radical (unpaired) electrons. The van der Waals surface area contributed by atoms with Crippen LogP contribution < -0.4 is 0 Å². The van der Waals surface area contributed by atoms with Crippen LogP contribution in [0, 0.1) is 0 Å². The van der Waals surface area contributed by atoms with Gasteiger partial charge in [0.2, 0.25) is 0 Å². The SMILES string of the molecule is CCCCC1=C(C)C(O)CC1=O. The van der Waals surface area contributed by atoms with Gasteiger partial charge in [-0.1, -0.05) is 13.3 Å². The molecule has 0 aromatic carbocycles. The summed E-state index contributed by atoms with van der Waals surface area (Å²) in [6, 6.07) is 0. The van der Waals surface area contributed by atoms with Gasteiger partial charge in [0.1, 0.15) is 0 Å². The van der Waals surface area contributed by atoms with Gasteiger partial charge in [-0.2, -0.15) is 0 Å². The summed E-state index contributed by atoms with van der Waals surface area (Å²) in [6.07, 6.45) is 2.80. The molecule has 1 N–H and O–H groups in total. The molecule has 1 aliphatic carbocycles. The number of hydrogen-bond donors (Lipinski definition) is 1. The zero-order valence-electron chi connectivity index (χ0n) is 7.76. The zero-order chi connectivity index (χ0) is 9.14. The van der Waals surface area contributed by atoms with Gasteiger partial charge >= 0.3 is 0 Å². The molecule has 0 heterocycles. The Morgan fingerprint density at radius 3 is 2.67 bits per heavy atom. The molecule has 1 atom stereocenters. The van der Waals surface area contributed by atoms with Crippen molar-refractivity contribution in [2.45, 2.75) is 45.6 Å². The Balaban J connectivity index is 2.65. The largest absolute Gasteiger partial charge is 0.388 e. The smallest absolute Gasteiger partial charge is 0.161 e. The van der Waals surface area contributed by atoms with E-state index in [-0.39, 0.29) is 5.78 Å². The summed E-state index contributed by atoms with van der Waals surface area (Å²) in [6.45, 7) is 3.96. The van der Waals surface area contributed by atoms with Gasteiger partial charge in [-0.3, -0.25) is 4.79 Å². The quantitative estimate of drug-likeness (QED) is 0.698. The van der Waals surface area contributed by atoms with Crippen LogP contribution in [0.5, 0.6) is 0 Å². The molecule has 0 bridgehead atoms. The van der Waals surface area contributed by atoms with E-state index >= 15 is 0 Å². The third-order valence-electron chi connectivity index (χ3n) is 2.47. The monoisotopic (exact) mass is 168 g/mol. The van der Waals surface area contributed by atoms with E-state index in [4.69, 9.17) is 0 Å². The molecule has 0 saturated carbocycles. The van der Waals surface area contributed by atoms with E-state index in [1.807, 2.05) is 6.92 Å². The van der Waals surface area contributed by atoms with Gasteiger partial charge in [-0.25, -0.2) is 0 Å². The van der Waals surface area contributed by atoms with Crippen molar-refractivity contribution in [1.82, 2.24) is 0 Å². The van der Waals surface area contributed by atoms with Crippen LogP contribution in [0.4, 0.5) is 0 Å². The van der Waals surface area contributed by atoms with Crippen molar-refractivity contribution < 1.29 is 9.90 Å². The number of allylic oxidation sites excluding steroid dienone is 1. The van der Waals surface area contributed by atoms with Gasteiger partial charge in [0.25, 0.3) is 0 Å². The average molecular weight is 168 g/mol. The Bertz CT molecular complexity index is 216. The minimum Gasteiger partial charge on any atom is -0.388 e. The average Bonchev–Trinajstić information content (AvgIpc) is 2.25. The van der Waals surface area contributed by atoms with E-state index in [2.05, 4.69) is 6.92 Å². The summed E-state index contributed by atoms with van der Waals surface area (Å²) in [5.74, 6) is 0.147. The first-order chi connectivity index (χ1) is 5.66. The molecule has 0 aromatic heterocycles. The predicted octanol–water partition coefficient (Wildman–Crippen LogP) is 1.83. The Morgan fingerprint density at radius 1 is 1.58 bits per heavy atom. The minimum atomic E-state index is -0.496. The molecule has 0 amide bonds. The molecule has 0 aliphatic heterocycles. The van der Waals surface area contributed by atoms with Crippen molar-refractivity contribution >= 4 is 5.78 Å². The van der Waals surface area contributed by atoms with Gasteiger partial charge in [0.15, 0.2) is 5.78 Å². The molecule has 0 fully saturated rings. The Morgan fingerprint density at radius 2 is 2.25 bits per heavy atom. The third-order valence-corrected chi connectivity index (χ3v) is 2.47. The third kappa shape index (κ3) is 1.75. The summed E-state index contributed by atoms with van der Waals surface area (Å²) in [4.78, 5) is 11.3. The molecular formula is C10H16O2. The number of unbranched alkanes of at least 4 members (excludes halogenated alkanes) is 1. The lowest BCUT2D eigenvalue weighted by Crippen LogP contribution is -2.03. The second-order valence-corrected chi connectivity index (χ2v) is 3.41. The number of ketones is 1. The van der Waals surface area contributed by atoms with E-state index in [1.165, 1.54) is 0 Å². The van der Waals surface area contributed by atoms with E-state index < -0.39 is 6.10 Å². The van der Waals surface area contributed by atoms with Crippen molar-refractivity contribution in [2.75, 3.05) is 0 Å². The van der Waals surface area contributed by atoms with Crippen molar-refractivity contribution in [2.24, 2.45) is 0 Å². The minimum absolute atomic E-state index is 0.147. The van der Waals surface area contributed by atoms with Gasteiger partial charge in [0.05, 0.1) is 6.10 Å². The van der Waals surface area contributed by atoms with Crippen LogP contribution in [-0.4, -0.2) is 17.0 Å². The topological polar surface area (TPSA) is 37.3 Å². The fourth-order valence-corrected chi connectivity index (χ4v) is 1.56. The standard InChI is InChI=1S/C10H16O2/c1-3-4-5-8-7(2)9(11)6-10(8)12/h9,11H,3-6H2,1-2H3. The number of rotatable bonds is 3. The summed E-state index contributed by atoms with van der Waals surface area (Å²) in [5.41, 5.74) is 1.78. The van der Waals surface area contributed by atoms with E-state index in [0.717, 1.165) is 30.4 Å². The van der Waals surface area contributed by atoms with Crippen molar-refractivity contribution in [1.29, 1.82) is 0 Å². The first-order valence-corrected chi connectivity index (χ1v) is 4.57. The van der Waals surface area contributed by atoms with Crippen LogP contribution >= 0.6 is 0 Å². The number of carbonyl (C=O) groups is 1. The zero-order valence-corrected chi connectivity index (χ0v) is 7.76. The predicted molar refractivity (Wildman–Crippen MR) is 47.9 cm³/mol. The highest BCUT2D eigenvalue weighted by Gasteiger charge is 2.26. The molecule has 2 nitrogen and oxygen atoms in total. The van der Waals surface area contributed by atoms with Crippen LogP contribution in [-0.2, 0) is 4.79 Å². The second kappa shape index (κ2) is 3.85. The van der Waals surface area contributed by atoms with Crippen LogP contribution in [0.1, 0.15) is 39.5 Å². The molecule has 1 aliphatic rings. The van der Waals surface area contributed by atoms with Crippen LogP contribution in [0.25, 0.3) is 0 Å². The van der Waals surface area contributed by atoms with Crippen LogP contribution in [0.2, 0.25) is 0 Å². The van der Waals surface area contributed by atoms with E-state index in [9.17, 15) is 9.90 Å². The molecule has 2 heteroatoms. The van der Waals surface area contributed by atoms with Crippen molar-refractivity contribution in [3.63, 3.8) is 0 Å². The highest BCUT2D eigenvalue weighted by molar-refractivity contribution is 5.99. The lowest BCUT2D eigenvalue weighted by Gasteiger charge is -2.01. The van der Waals surface area contributed by atoms with E-state index in [1.54, 1.807) is 0 Å². The molecule has 0 aromatic rings. The van der Waals surface area contributed by atoms with Gasteiger partial charge in [0, 0.05) is 6.42 Å². The normalized spacial score (nSPS) is 23.9. The van der Waals surface area contributed by atoms with Gasteiger partial charge < -0.3 is 5.11 Å². The highest BCUT2D eigenvalue weighted by Crippen LogP contribution is 2.26. The summed E-state index contributed by atoms with van der Waals surface area (Å²) in [7, 11) is 0. The van der Waals surface area contributed by atoms with Gasteiger partial charge in [-0.15, -0.1) is 0 Å². The van der Waals surface area contributed by atoms with Crippen LogP contribution in [0.15, 0.2) is 11.1 Å². The second-order valence-electron chi connectivity index (χ2n) is 3.41. The molecule has 1 unspecified atom stereocenters. The van der Waals surface area contributed by atoms with E-state index in [0.29, 0.717) is 6.42 Å². The van der Waals surface area contributed by atoms with Crippen molar-refractivity contribution in [3.8, 4) is 0 Å². The fraction of sp³-hybridized carbons (Fsp3) is 0.700. The Hall–Kier alpha value is -0.630. The van der Waals surface area contributed by atoms with Gasteiger partial charge in [-0.05, 0) is 30.9 Å². The first-order valence-electron chi connectivity index (χ1n) is 4.57. The molecule has 1 rings (SSSR count). The lowest BCUT2D eigenvalue weighted by molar-refractivity contribution is -0.115. The summed E-state index contributed by atoms with van der Waals surface area (Å²) < 4.78 is 0. The number of aliphatic hydroxyl groups excluding tert-OH is 1. The van der Waals surface area contributed by atoms with Crippen molar-refractivity contribution in [3.05, 3.63) is 11.1 Å². The Kier molecular flexibility index (Phi) is 3.04. The Labute approximate surface area is 73.3 Å². The summed E-state index contributed by atoms with van der Waals surface area (Å²) in [5, 5.41) is 9.36.